The second-order valence-corrected chi connectivity index (χ2v) is 9.88. The van der Waals surface area contributed by atoms with Crippen molar-refractivity contribution < 1.29 is 34.8 Å². The van der Waals surface area contributed by atoms with Crippen LogP contribution in [-0.2, 0) is 16.0 Å². The van der Waals surface area contributed by atoms with Crippen molar-refractivity contribution in [2.24, 2.45) is 17.6 Å². The van der Waals surface area contributed by atoms with E-state index in [2.05, 4.69) is 11.8 Å². The first kappa shape index (κ1) is 25.3. The first-order valence-corrected chi connectivity index (χ1v) is 11.4. The van der Waals surface area contributed by atoms with Crippen molar-refractivity contribution in [3.8, 4) is 17.6 Å². The molecule has 1 aromatic carbocycles. The Kier molecular flexibility index (Phi) is 5.90. The van der Waals surface area contributed by atoms with E-state index >= 15 is 0 Å². The van der Waals surface area contributed by atoms with Gasteiger partial charge in [-0.05, 0) is 51.4 Å². The maximum absolute atomic E-state index is 13.8. The predicted octanol–water partition coefficient (Wildman–Crippen LogP) is 0.558. The molecule has 36 heavy (non-hydrogen) atoms. The van der Waals surface area contributed by atoms with Crippen molar-refractivity contribution >= 4 is 23.2 Å². The fourth-order valence-electron chi connectivity index (χ4n) is 5.93. The van der Waals surface area contributed by atoms with E-state index in [1.165, 1.54) is 4.90 Å². The van der Waals surface area contributed by atoms with Crippen LogP contribution < -0.4 is 10.6 Å². The molecule has 4 rings (SSSR count). The topological polar surface area (TPSA) is 165 Å². The van der Waals surface area contributed by atoms with Crippen LogP contribution >= 0.6 is 0 Å². The number of phenolic OH excluding ortho intramolecular Hbond substituents is 1. The Morgan fingerprint density at radius 1 is 1.17 bits per heavy atom. The van der Waals surface area contributed by atoms with E-state index < -0.39 is 58.0 Å². The van der Waals surface area contributed by atoms with E-state index in [4.69, 9.17) is 5.73 Å². The number of rotatable bonds is 3. The van der Waals surface area contributed by atoms with Crippen molar-refractivity contribution in [3.05, 3.63) is 45.4 Å². The number of fused-ring (bicyclic) bond motifs is 3. The van der Waals surface area contributed by atoms with Crippen LogP contribution in [0.4, 0.5) is 5.69 Å². The molecule has 0 saturated heterocycles. The number of nitrogens with two attached hydrogens (primary N) is 1. The third kappa shape index (κ3) is 3.23. The lowest BCUT2D eigenvalue weighted by molar-refractivity contribution is -0.148. The fraction of sp³-hybridized carbons (Fsp3) is 0.423. The lowest BCUT2D eigenvalue weighted by Crippen LogP contribution is -2.63. The molecule has 190 valence electrons. The zero-order valence-electron chi connectivity index (χ0n) is 20.7. The van der Waals surface area contributed by atoms with E-state index in [1.54, 1.807) is 46.1 Å². The van der Waals surface area contributed by atoms with Crippen LogP contribution in [0.5, 0.6) is 5.75 Å². The van der Waals surface area contributed by atoms with E-state index in [0.717, 1.165) is 0 Å². The summed E-state index contributed by atoms with van der Waals surface area (Å²) in [7, 11) is 6.76. The molecule has 1 aromatic rings. The lowest BCUT2D eigenvalue weighted by atomic mass is 9.58. The van der Waals surface area contributed by atoms with E-state index in [0.29, 0.717) is 11.3 Å². The fourth-order valence-corrected chi connectivity index (χ4v) is 5.93. The number of hydrogen-bond donors (Lipinski definition) is 5. The largest absolute Gasteiger partial charge is 0.510 e. The molecule has 3 aliphatic carbocycles. The zero-order chi connectivity index (χ0) is 26.9. The average molecular weight is 496 g/mol. The van der Waals surface area contributed by atoms with Gasteiger partial charge < -0.3 is 31.1 Å². The number of ketones is 2. The Hall–Kier alpha value is -3.81. The van der Waals surface area contributed by atoms with Crippen LogP contribution in [0, 0.1) is 23.7 Å². The number of Topliss-reactive ketones (excluding diaryl/α,β-unsaturated/α-hetero) is 2. The van der Waals surface area contributed by atoms with Crippen LogP contribution in [-0.4, -0.2) is 82.6 Å². The van der Waals surface area contributed by atoms with Gasteiger partial charge in [0.25, 0.3) is 5.91 Å². The molecule has 0 saturated carbocycles. The van der Waals surface area contributed by atoms with Gasteiger partial charge in [0.05, 0.1) is 17.2 Å². The minimum absolute atomic E-state index is 0.0376. The molecule has 3 aliphatic rings. The number of likely N-dealkylation sites (N-methyl/N-ethyl adjacent to an activating group) is 1. The zero-order valence-corrected chi connectivity index (χ0v) is 20.7. The van der Waals surface area contributed by atoms with Crippen LogP contribution in [0.25, 0.3) is 0 Å². The summed E-state index contributed by atoms with van der Waals surface area (Å²) < 4.78 is 0. The lowest BCUT2D eigenvalue weighted by Gasteiger charge is -2.50. The number of hydrogen-bond acceptors (Lipinski definition) is 9. The standard InChI is InChI=1S/C26H29N3O7/c1-6-7-11-10-15(28(2)3)13-8-12-9-14-19(29(4)5)22(32)18(25(27)35)24(34)26(14,36)23(33)16(12)21(31)17(13)20(11)30/h10,12,14,19,30,32-33,36H,8-9H2,1-5H3,(H2,27,35)/t12-,14-,19-,26-/m1/s1. The number of aliphatic hydroxyl groups excluding tert-OH is 2. The minimum atomic E-state index is -2.66. The third-order valence-corrected chi connectivity index (χ3v) is 7.44. The molecule has 10 heteroatoms. The first-order chi connectivity index (χ1) is 16.8. The highest BCUT2D eigenvalue weighted by Gasteiger charge is 2.63. The first-order valence-electron chi connectivity index (χ1n) is 11.4. The number of phenols is 1. The smallest absolute Gasteiger partial charge is 0.255 e. The number of amides is 1. The highest BCUT2D eigenvalue weighted by atomic mass is 16.3. The number of nitrogens with zero attached hydrogens (tertiary/aromatic N) is 2. The second-order valence-electron chi connectivity index (χ2n) is 9.88. The summed E-state index contributed by atoms with van der Waals surface area (Å²) in [5.41, 5.74) is 3.04. The number of carbonyl (C=O) groups excluding carboxylic acids is 3. The van der Waals surface area contributed by atoms with Gasteiger partial charge in [0, 0.05) is 31.3 Å². The van der Waals surface area contributed by atoms with Crippen LogP contribution in [0.3, 0.4) is 0 Å². The Labute approximate surface area is 208 Å². The monoisotopic (exact) mass is 495 g/mol. The van der Waals surface area contributed by atoms with Gasteiger partial charge >= 0.3 is 0 Å². The molecule has 1 amide bonds. The van der Waals surface area contributed by atoms with Crippen molar-refractivity contribution in [1.29, 1.82) is 0 Å². The number of anilines is 1. The Balaban J connectivity index is 2.01. The molecule has 0 radical (unpaired) electrons. The Bertz CT molecular complexity index is 1350. The summed E-state index contributed by atoms with van der Waals surface area (Å²) in [6, 6.07) is 0.658. The highest BCUT2D eigenvalue weighted by molar-refractivity contribution is 6.25. The van der Waals surface area contributed by atoms with Gasteiger partial charge in [0.2, 0.25) is 5.78 Å². The molecule has 0 spiro atoms. The van der Waals surface area contributed by atoms with Crippen LogP contribution in [0.15, 0.2) is 28.7 Å². The van der Waals surface area contributed by atoms with E-state index in [1.807, 2.05) is 0 Å². The molecule has 0 bridgehead atoms. The molecule has 4 atom stereocenters. The SMILES string of the molecule is CC#Cc1cc(N(C)C)c2c(c1O)C(=O)C1=C(O)[C@@]3(O)C(=O)C(C(N)=O)=C(O)[C@H](N(C)C)[C@H]3C[C@H]1C2. The third-order valence-electron chi connectivity index (χ3n) is 7.44. The summed E-state index contributed by atoms with van der Waals surface area (Å²) in [4.78, 5) is 42.5. The van der Waals surface area contributed by atoms with E-state index in [9.17, 15) is 34.8 Å². The molecular formula is C26H29N3O7. The number of primary amides is 1. The molecule has 0 aromatic heterocycles. The van der Waals surface area contributed by atoms with Gasteiger partial charge in [-0.1, -0.05) is 5.92 Å². The molecular weight excluding hydrogens is 466 g/mol. The number of aliphatic hydroxyl groups is 3. The second kappa shape index (κ2) is 8.40. The quantitative estimate of drug-likeness (QED) is 0.298. The predicted molar refractivity (Wildman–Crippen MR) is 131 cm³/mol. The summed E-state index contributed by atoms with van der Waals surface area (Å²) in [5.74, 6) is -1.31. The van der Waals surface area contributed by atoms with Crippen molar-refractivity contribution in [1.82, 2.24) is 4.90 Å². The Morgan fingerprint density at radius 2 is 1.81 bits per heavy atom. The molecule has 0 aliphatic heterocycles. The molecule has 0 unspecified atom stereocenters. The van der Waals surface area contributed by atoms with Crippen molar-refractivity contribution in [2.45, 2.75) is 31.4 Å². The van der Waals surface area contributed by atoms with Gasteiger partial charge in [-0.3, -0.25) is 19.3 Å². The molecule has 10 nitrogen and oxygen atoms in total. The van der Waals surface area contributed by atoms with E-state index in [-0.39, 0.29) is 35.3 Å². The van der Waals surface area contributed by atoms with Crippen molar-refractivity contribution in [3.63, 3.8) is 0 Å². The summed E-state index contributed by atoms with van der Waals surface area (Å²) in [5, 5.41) is 44.8. The Morgan fingerprint density at radius 3 is 2.33 bits per heavy atom. The normalized spacial score (nSPS) is 27.2. The molecule has 0 heterocycles. The summed E-state index contributed by atoms with van der Waals surface area (Å²) in [6.45, 7) is 1.59. The average Bonchev–Trinajstić information content (AvgIpc) is 2.77. The molecule has 6 N–H and O–H groups in total. The van der Waals surface area contributed by atoms with Crippen LogP contribution in [0.2, 0.25) is 0 Å². The number of aromatic hydroxyl groups is 1. The van der Waals surface area contributed by atoms with Gasteiger partial charge in [-0.25, -0.2) is 0 Å². The number of allylic oxidation sites excluding steroid dienone is 1. The highest BCUT2D eigenvalue weighted by Crippen LogP contribution is 2.53. The van der Waals surface area contributed by atoms with Gasteiger partial charge in [-0.2, -0.15) is 0 Å². The molecule has 0 fully saturated rings. The number of carbonyl (C=O) groups is 3. The maximum atomic E-state index is 13.8. The van der Waals surface area contributed by atoms with Gasteiger partial charge in [0.1, 0.15) is 22.8 Å². The van der Waals surface area contributed by atoms with Gasteiger partial charge in [-0.15, -0.1) is 5.92 Å². The summed E-state index contributed by atoms with van der Waals surface area (Å²) >= 11 is 0. The van der Waals surface area contributed by atoms with Gasteiger partial charge in [0.15, 0.2) is 11.4 Å². The number of benzene rings is 1. The maximum Gasteiger partial charge on any atom is 0.255 e. The summed E-state index contributed by atoms with van der Waals surface area (Å²) in [6.07, 6.45) is 0.255. The minimum Gasteiger partial charge on any atom is -0.510 e. The van der Waals surface area contributed by atoms with Crippen molar-refractivity contribution in [2.75, 3.05) is 33.1 Å². The van der Waals surface area contributed by atoms with Crippen LogP contribution in [0.1, 0.15) is 34.8 Å².